The van der Waals surface area contributed by atoms with Crippen molar-refractivity contribution in [2.24, 2.45) is 5.41 Å². The smallest absolute Gasteiger partial charge is 0.271 e. The van der Waals surface area contributed by atoms with Crippen LogP contribution < -0.4 is 5.32 Å². The van der Waals surface area contributed by atoms with Gasteiger partial charge < -0.3 is 19.5 Å². The molecule has 0 unspecified atom stereocenters. The minimum Gasteiger partial charge on any atom is -0.350 e. The SMILES string of the molecule is Cc1ccn2cc(C(=O)NCC3(CN4CCN(C)CC4)CC3)nc2c1. The average Bonchev–Trinajstić information content (AvgIpc) is 3.23. The molecule has 1 amide bonds. The van der Waals surface area contributed by atoms with Gasteiger partial charge in [0.25, 0.3) is 5.91 Å². The number of hydrogen-bond donors (Lipinski definition) is 1. The van der Waals surface area contributed by atoms with Crippen LogP contribution in [0.5, 0.6) is 0 Å². The number of nitrogens with one attached hydrogen (secondary N) is 1. The normalized spacial score (nSPS) is 20.7. The van der Waals surface area contributed by atoms with Crippen molar-refractivity contribution in [1.82, 2.24) is 24.5 Å². The van der Waals surface area contributed by atoms with E-state index in [1.54, 1.807) is 0 Å². The first-order chi connectivity index (χ1) is 12.0. The molecule has 1 saturated heterocycles. The molecule has 134 valence electrons. The second-order valence-corrected chi connectivity index (χ2v) is 7.86. The molecule has 1 aliphatic carbocycles. The highest BCUT2D eigenvalue weighted by molar-refractivity contribution is 5.92. The van der Waals surface area contributed by atoms with Crippen LogP contribution in [-0.4, -0.2) is 71.4 Å². The van der Waals surface area contributed by atoms with E-state index < -0.39 is 0 Å². The van der Waals surface area contributed by atoms with Crippen LogP contribution in [-0.2, 0) is 0 Å². The molecule has 3 heterocycles. The zero-order chi connectivity index (χ0) is 17.4. The number of piperazine rings is 1. The lowest BCUT2D eigenvalue weighted by atomic mass is 10.1. The van der Waals surface area contributed by atoms with Gasteiger partial charge in [0.15, 0.2) is 0 Å². The molecule has 1 saturated carbocycles. The van der Waals surface area contributed by atoms with Crippen LogP contribution in [0.4, 0.5) is 0 Å². The van der Waals surface area contributed by atoms with Gasteiger partial charge in [-0.15, -0.1) is 0 Å². The molecule has 0 spiro atoms. The van der Waals surface area contributed by atoms with E-state index in [1.165, 1.54) is 12.8 Å². The second-order valence-electron chi connectivity index (χ2n) is 7.86. The lowest BCUT2D eigenvalue weighted by Crippen LogP contribution is -2.47. The number of fused-ring (bicyclic) bond motifs is 1. The predicted molar refractivity (Wildman–Crippen MR) is 97.9 cm³/mol. The Morgan fingerprint density at radius 1 is 1.28 bits per heavy atom. The van der Waals surface area contributed by atoms with Gasteiger partial charge in [0.1, 0.15) is 11.3 Å². The quantitative estimate of drug-likeness (QED) is 0.893. The van der Waals surface area contributed by atoms with Gasteiger partial charge in [-0.3, -0.25) is 4.79 Å². The first-order valence-corrected chi connectivity index (χ1v) is 9.18. The van der Waals surface area contributed by atoms with Crippen LogP contribution in [0.1, 0.15) is 28.9 Å². The lowest BCUT2D eigenvalue weighted by molar-refractivity contribution is 0.0922. The second kappa shape index (κ2) is 6.42. The van der Waals surface area contributed by atoms with Crippen LogP contribution in [0.2, 0.25) is 0 Å². The molecule has 2 aliphatic rings. The maximum absolute atomic E-state index is 12.5. The Labute approximate surface area is 148 Å². The van der Waals surface area contributed by atoms with Crippen molar-refractivity contribution >= 4 is 11.6 Å². The average molecular weight is 341 g/mol. The number of likely N-dealkylation sites (N-methyl/N-ethyl adjacent to an activating group) is 1. The van der Waals surface area contributed by atoms with Crippen LogP contribution >= 0.6 is 0 Å². The van der Waals surface area contributed by atoms with E-state index in [0.717, 1.165) is 50.5 Å². The third-order valence-corrected chi connectivity index (χ3v) is 5.58. The maximum Gasteiger partial charge on any atom is 0.271 e. The number of carbonyl (C=O) groups excluding carboxylic acids is 1. The molecule has 2 fully saturated rings. The number of pyridine rings is 1. The Bertz CT molecular complexity index is 771. The standard InChI is InChI=1S/C19H27N5O/c1-15-3-6-24-12-16(21-17(24)11-15)18(25)20-13-19(4-5-19)14-23-9-7-22(2)8-10-23/h3,6,11-12H,4-5,7-10,13-14H2,1-2H3,(H,20,25). The Kier molecular flexibility index (Phi) is 4.25. The molecule has 2 aromatic rings. The van der Waals surface area contributed by atoms with Crippen molar-refractivity contribution in [3.63, 3.8) is 0 Å². The zero-order valence-corrected chi connectivity index (χ0v) is 15.2. The summed E-state index contributed by atoms with van der Waals surface area (Å²) in [6, 6.07) is 4.01. The molecule has 0 atom stereocenters. The van der Waals surface area contributed by atoms with Crippen LogP contribution in [0.15, 0.2) is 24.5 Å². The number of rotatable bonds is 5. The highest BCUT2D eigenvalue weighted by Crippen LogP contribution is 2.45. The van der Waals surface area contributed by atoms with Crippen molar-refractivity contribution in [3.05, 3.63) is 35.8 Å². The Balaban J connectivity index is 1.34. The first-order valence-electron chi connectivity index (χ1n) is 9.18. The number of aryl methyl sites for hydroxylation is 1. The molecular formula is C19H27N5O. The molecule has 2 aromatic heterocycles. The molecule has 1 N–H and O–H groups in total. The highest BCUT2D eigenvalue weighted by Gasteiger charge is 2.44. The van der Waals surface area contributed by atoms with E-state index in [9.17, 15) is 4.79 Å². The summed E-state index contributed by atoms with van der Waals surface area (Å²) < 4.78 is 1.90. The van der Waals surface area contributed by atoms with Gasteiger partial charge >= 0.3 is 0 Å². The number of hydrogen-bond acceptors (Lipinski definition) is 4. The van der Waals surface area contributed by atoms with Gasteiger partial charge in [-0.2, -0.15) is 0 Å². The molecule has 0 radical (unpaired) electrons. The Morgan fingerprint density at radius 2 is 2.04 bits per heavy atom. The maximum atomic E-state index is 12.5. The third-order valence-electron chi connectivity index (χ3n) is 5.58. The topological polar surface area (TPSA) is 52.9 Å². The Hall–Kier alpha value is -1.92. The van der Waals surface area contributed by atoms with Crippen LogP contribution in [0.25, 0.3) is 5.65 Å². The summed E-state index contributed by atoms with van der Waals surface area (Å²) in [5.41, 5.74) is 2.75. The molecular weight excluding hydrogens is 314 g/mol. The third kappa shape index (κ3) is 3.70. The van der Waals surface area contributed by atoms with E-state index in [0.29, 0.717) is 5.69 Å². The van der Waals surface area contributed by atoms with E-state index in [4.69, 9.17) is 0 Å². The van der Waals surface area contributed by atoms with Crippen molar-refractivity contribution in [1.29, 1.82) is 0 Å². The van der Waals surface area contributed by atoms with E-state index in [1.807, 2.05) is 35.9 Å². The summed E-state index contributed by atoms with van der Waals surface area (Å²) in [6.45, 7) is 8.45. The van der Waals surface area contributed by atoms with Gasteiger partial charge in [-0.1, -0.05) is 0 Å². The first kappa shape index (κ1) is 16.5. The summed E-state index contributed by atoms with van der Waals surface area (Å²) >= 11 is 0. The zero-order valence-electron chi connectivity index (χ0n) is 15.2. The summed E-state index contributed by atoms with van der Waals surface area (Å²) in [7, 11) is 2.18. The van der Waals surface area contributed by atoms with Crippen molar-refractivity contribution in [2.45, 2.75) is 19.8 Å². The summed E-state index contributed by atoms with van der Waals surface area (Å²) in [5.74, 6) is -0.0639. The fraction of sp³-hybridized carbons (Fsp3) is 0.579. The molecule has 25 heavy (non-hydrogen) atoms. The van der Waals surface area contributed by atoms with Crippen molar-refractivity contribution < 1.29 is 4.79 Å². The van der Waals surface area contributed by atoms with Crippen molar-refractivity contribution in [3.8, 4) is 0 Å². The van der Waals surface area contributed by atoms with Gasteiger partial charge in [-0.05, 0) is 44.5 Å². The van der Waals surface area contributed by atoms with E-state index in [2.05, 4.69) is 27.1 Å². The number of aromatic nitrogens is 2. The number of carbonyl (C=O) groups is 1. The summed E-state index contributed by atoms with van der Waals surface area (Å²) in [5, 5.41) is 3.12. The number of nitrogens with zero attached hydrogens (tertiary/aromatic N) is 4. The summed E-state index contributed by atoms with van der Waals surface area (Å²) in [4.78, 5) is 21.9. The van der Waals surface area contributed by atoms with E-state index in [-0.39, 0.29) is 11.3 Å². The van der Waals surface area contributed by atoms with Gasteiger partial charge in [0.05, 0.1) is 0 Å². The molecule has 0 aromatic carbocycles. The van der Waals surface area contributed by atoms with Crippen LogP contribution in [0.3, 0.4) is 0 Å². The van der Waals surface area contributed by atoms with E-state index >= 15 is 0 Å². The van der Waals surface area contributed by atoms with Gasteiger partial charge in [0.2, 0.25) is 0 Å². The minimum absolute atomic E-state index is 0.0639. The number of imidazole rings is 1. The molecule has 6 heteroatoms. The fourth-order valence-electron chi connectivity index (χ4n) is 3.60. The fourth-order valence-corrected chi connectivity index (χ4v) is 3.60. The largest absolute Gasteiger partial charge is 0.350 e. The molecule has 1 aliphatic heterocycles. The number of amides is 1. The predicted octanol–water partition coefficient (Wildman–Crippen LogP) is 1.40. The summed E-state index contributed by atoms with van der Waals surface area (Å²) in [6.07, 6.45) is 6.18. The van der Waals surface area contributed by atoms with Gasteiger partial charge in [0, 0.05) is 57.1 Å². The van der Waals surface area contributed by atoms with Crippen LogP contribution in [0, 0.1) is 12.3 Å². The minimum atomic E-state index is -0.0639. The monoisotopic (exact) mass is 341 g/mol. The lowest BCUT2D eigenvalue weighted by Gasteiger charge is -2.34. The van der Waals surface area contributed by atoms with Crippen molar-refractivity contribution in [2.75, 3.05) is 46.3 Å². The molecule has 4 rings (SSSR count). The van der Waals surface area contributed by atoms with Gasteiger partial charge in [-0.25, -0.2) is 4.98 Å². The highest BCUT2D eigenvalue weighted by atomic mass is 16.1. The molecule has 6 nitrogen and oxygen atoms in total. The Morgan fingerprint density at radius 3 is 2.76 bits per heavy atom. The molecule has 0 bridgehead atoms.